The Labute approximate surface area is 168 Å². The summed E-state index contributed by atoms with van der Waals surface area (Å²) in [5.41, 5.74) is 1.56. The van der Waals surface area contributed by atoms with E-state index in [1.807, 2.05) is 61.0 Å². The van der Waals surface area contributed by atoms with Crippen molar-refractivity contribution in [2.45, 2.75) is 12.1 Å². The minimum atomic E-state index is -0.127. The van der Waals surface area contributed by atoms with E-state index in [4.69, 9.17) is 9.47 Å². The number of carbonyl (C=O) groups is 1. The lowest BCUT2D eigenvalue weighted by Gasteiger charge is -2.10. The Hall–Kier alpha value is -3.00. The molecule has 7 nitrogen and oxygen atoms in total. The highest BCUT2D eigenvalue weighted by atomic mass is 32.2. The van der Waals surface area contributed by atoms with Gasteiger partial charge in [0.15, 0.2) is 11.0 Å². The quantitative estimate of drug-likeness (QED) is 0.584. The average molecular weight is 398 g/mol. The number of hydrogen-bond donors (Lipinski definition) is 1. The third kappa shape index (κ3) is 4.64. The molecular weight excluding hydrogens is 376 g/mol. The number of benzene rings is 2. The number of para-hydroxylation sites is 1. The first kappa shape index (κ1) is 19.8. The summed E-state index contributed by atoms with van der Waals surface area (Å²) < 4.78 is 12.7. The van der Waals surface area contributed by atoms with Crippen LogP contribution in [0, 0.1) is 0 Å². The number of rotatable bonds is 8. The minimum Gasteiger partial charge on any atom is -0.497 e. The van der Waals surface area contributed by atoms with Crippen molar-refractivity contribution in [2.24, 2.45) is 7.05 Å². The van der Waals surface area contributed by atoms with E-state index >= 15 is 0 Å². The van der Waals surface area contributed by atoms with Gasteiger partial charge in [-0.15, -0.1) is 10.2 Å². The van der Waals surface area contributed by atoms with Gasteiger partial charge >= 0.3 is 0 Å². The number of amides is 1. The topological polar surface area (TPSA) is 78.3 Å². The summed E-state index contributed by atoms with van der Waals surface area (Å²) in [5.74, 6) is 2.23. The highest BCUT2D eigenvalue weighted by Crippen LogP contribution is 2.30. The maximum atomic E-state index is 12.3. The number of nitrogens with zero attached hydrogens (tertiary/aromatic N) is 3. The zero-order valence-electron chi connectivity index (χ0n) is 16.0. The van der Waals surface area contributed by atoms with Crippen LogP contribution < -0.4 is 14.8 Å². The highest BCUT2D eigenvalue weighted by molar-refractivity contribution is 7.99. The van der Waals surface area contributed by atoms with Crippen LogP contribution in [-0.2, 0) is 11.8 Å². The fourth-order valence-electron chi connectivity index (χ4n) is 2.64. The molecule has 28 heavy (non-hydrogen) atoms. The number of aromatic nitrogens is 3. The largest absolute Gasteiger partial charge is 0.497 e. The molecule has 1 heterocycles. The first-order chi connectivity index (χ1) is 13.6. The van der Waals surface area contributed by atoms with Gasteiger partial charge in [0.25, 0.3) is 0 Å². The molecule has 0 aliphatic rings. The fourth-order valence-corrected chi connectivity index (χ4v) is 3.35. The van der Waals surface area contributed by atoms with Crippen LogP contribution in [0.15, 0.2) is 53.7 Å². The van der Waals surface area contributed by atoms with Gasteiger partial charge in [-0.05, 0) is 31.2 Å². The summed E-state index contributed by atoms with van der Waals surface area (Å²) in [6, 6.07) is 14.9. The normalized spacial score (nSPS) is 10.5. The molecule has 3 rings (SSSR count). The summed E-state index contributed by atoms with van der Waals surface area (Å²) in [6.45, 7) is 2.51. The van der Waals surface area contributed by atoms with Crippen LogP contribution in [0.3, 0.4) is 0 Å². The smallest absolute Gasteiger partial charge is 0.234 e. The molecule has 0 spiro atoms. The molecule has 2 aromatic carbocycles. The van der Waals surface area contributed by atoms with E-state index in [2.05, 4.69) is 15.5 Å². The molecule has 1 N–H and O–H groups in total. The Kier molecular flexibility index (Phi) is 6.54. The summed E-state index contributed by atoms with van der Waals surface area (Å²) >= 11 is 1.32. The van der Waals surface area contributed by atoms with Crippen molar-refractivity contribution in [2.75, 3.05) is 24.8 Å². The van der Waals surface area contributed by atoms with Crippen LogP contribution >= 0.6 is 11.8 Å². The van der Waals surface area contributed by atoms with E-state index in [1.165, 1.54) is 11.8 Å². The summed E-state index contributed by atoms with van der Waals surface area (Å²) in [5, 5.41) is 12.0. The van der Waals surface area contributed by atoms with Crippen molar-refractivity contribution < 1.29 is 14.3 Å². The van der Waals surface area contributed by atoms with E-state index < -0.39 is 0 Å². The molecule has 0 radical (unpaired) electrons. The molecule has 0 saturated heterocycles. The van der Waals surface area contributed by atoms with Crippen molar-refractivity contribution in [3.05, 3.63) is 48.5 Å². The van der Waals surface area contributed by atoms with Crippen LogP contribution in [-0.4, -0.2) is 40.1 Å². The first-order valence-corrected chi connectivity index (χ1v) is 9.79. The molecule has 0 atom stereocenters. The molecule has 0 aliphatic heterocycles. The average Bonchev–Trinajstić information content (AvgIpc) is 3.07. The Balaban J connectivity index is 1.67. The lowest BCUT2D eigenvalue weighted by Crippen LogP contribution is -2.14. The summed E-state index contributed by atoms with van der Waals surface area (Å²) in [4.78, 5) is 12.3. The fraction of sp³-hybridized carbons (Fsp3) is 0.250. The van der Waals surface area contributed by atoms with Crippen molar-refractivity contribution >= 4 is 23.4 Å². The van der Waals surface area contributed by atoms with Gasteiger partial charge in [0.1, 0.15) is 11.5 Å². The van der Waals surface area contributed by atoms with E-state index in [9.17, 15) is 4.79 Å². The highest BCUT2D eigenvalue weighted by Gasteiger charge is 2.16. The molecule has 0 fully saturated rings. The van der Waals surface area contributed by atoms with E-state index in [0.29, 0.717) is 29.0 Å². The van der Waals surface area contributed by atoms with E-state index in [1.54, 1.807) is 13.2 Å². The van der Waals surface area contributed by atoms with Gasteiger partial charge in [-0.1, -0.05) is 30.0 Å². The van der Waals surface area contributed by atoms with Gasteiger partial charge < -0.3 is 19.4 Å². The number of thioether (sulfide) groups is 1. The van der Waals surface area contributed by atoms with Crippen LogP contribution in [0.25, 0.3) is 11.4 Å². The lowest BCUT2D eigenvalue weighted by molar-refractivity contribution is -0.113. The zero-order chi connectivity index (χ0) is 19.9. The van der Waals surface area contributed by atoms with Crippen molar-refractivity contribution in [1.29, 1.82) is 0 Å². The summed E-state index contributed by atoms with van der Waals surface area (Å²) in [7, 11) is 3.46. The predicted octanol–water partition coefficient (Wildman–Crippen LogP) is 3.62. The minimum absolute atomic E-state index is 0.127. The number of nitrogens with one attached hydrogen (secondary N) is 1. The van der Waals surface area contributed by atoms with Gasteiger partial charge in [0.05, 0.1) is 25.0 Å². The maximum absolute atomic E-state index is 12.3. The molecule has 3 aromatic rings. The Morgan fingerprint density at radius 1 is 1.18 bits per heavy atom. The van der Waals surface area contributed by atoms with Gasteiger partial charge in [-0.25, -0.2) is 0 Å². The van der Waals surface area contributed by atoms with Crippen molar-refractivity contribution in [1.82, 2.24) is 14.8 Å². The van der Waals surface area contributed by atoms with E-state index in [-0.39, 0.29) is 11.7 Å². The van der Waals surface area contributed by atoms with Crippen molar-refractivity contribution in [3.63, 3.8) is 0 Å². The third-order valence-electron chi connectivity index (χ3n) is 3.95. The maximum Gasteiger partial charge on any atom is 0.234 e. The monoisotopic (exact) mass is 398 g/mol. The number of methoxy groups -OCH3 is 1. The molecule has 0 aliphatic carbocycles. The molecule has 0 bridgehead atoms. The Bertz CT molecular complexity index is 958. The molecule has 1 aromatic heterocycles. The Morgan fingerprint density at radius 3 is 2.79 bits per heavy atom. The molecule has 1 amide bonds. The number of hydrogen-bond acceptors (Lipinski definition) is 6. The molecule has 146 valence electrons. The second kappa shape index (κ2) is 9.27. The SMILES string of the molecule is CCOc1ccccc1-c1nnc(SCC(=O)Nc2cccc(OC)c2)n1C. The number of carbonyl (C=O) groups excluding carboxylic acids is 1. The van der Waals surface area contributed by atoms with Crippen molar-refractivity contribution in [3.8, 4) is 22.9 Å². The summed E-state index contributed by atoms with van der Waals surface area (Å²) in [6.07, 6.45) is 0. The second-order valence-corrected chi connectivity index (χ2v) is 6.81. The standard InChI is InChI=1S/C20H22N4O3S/c1-4-27-17-11-6-5-10-16(17)19-22-23-20(24(19)2)28-13-18(25)21-14-8-7-9-15(12-14)26-3/h5-12H,4,13H2,1-3H3,(H,21,25). The molecule has 0 unspecified atom stereocenters. The first-order valence-electron chi connectivity index (χ1n) is 8.80. The molecular formula is C20H22N4O3S. The third-order valence-corrected chi connectivity index (χ3v) is 4.97. The van der Waals surface area contributed by atoms with Crippen LogP contribution in [0.5, 0.6) is 11.5 Å². The van der Waals surface area contributed by atoms with Crippen LogP contribution in [0.4, 0.5) is 5.69 Å². The molecule has 8 heteroatoms. The van der Waals surface area contributed by atoms with E-state index in [0.717, 1.165) is 11.3 Å². The van der Waals surface area contributed by atoms with Gasteiger partial charge in [-0.2, -0.15) is 0 Å². The second-order valence-electron chi connectivity index (χ2n) is 5.86. The van der Waals surface area contributed by atoms with Gasteiger partial charge in [0.2, 0.25) is 5.91 Å². The number of anilines is 1. The predicted molar refractivity (Wildman–Crippen MR) is 110 cm³/mol. The lowest BCUT2D eigenvalue weighted by atomic mass is 10.2. The molecule has 0 saturated carbocycles. The van der Waals surface area contributed by atoms with Gasteiger partial charge in [-0.3, -0.25) is 4.79 Å². The number of ether oxygens (including phenoxy) is 2. The van der Waals surface area contributed by atoms with Crippen LogP contribution in [0.1, 0.15) is 6.92 Å². The van der Waals surface area contributed by atoms with Crippen LogP contribution in [0.2, 0.25) is 0 Å². The van der Waals surface area contributed by atoms with Gasteiger partial charge in [0, 0.05) is 18.8 Å². The Morgan fingerprint density at radius 2 is 2.00 bits per heavy atom. The zero-order valence-corrected chi connectivity index (χ0v) is 16.8.